The van der Waals surface area contributed by atoms with Gasteiger partial charge in [0.25, 0.3) is 0 Å². The highest BCUT2D eigenvalue weighted by atomic mass is 35.5. The van der Waals surface area contributed by atoms with Gasteiger partial charge in [0.1, 0.15) is 35.4 Å². The number of nitrogens with zero attached hydrogens (tertiary/aromatic N) is 12. The van der Waals surface area contributed by atoms with E-state index in [-0.39, 0.29) is 11.9 Å². The molecule has 5 aliphatic heterocycles. The lowest BCUT2D eigenvalue weighted by molar-refractivity contribution is 0.261. The zero-order valence-corrected chi connectivity index (χ0v) is 70.2. The van der Waals surface area contributed by atoms with E-state index >= 15 is 0 Å². The van der Waals surface area contributed by atoms with Crippen LogP contribution in [0.1, 0.15) is 118 Å². The lowest BCUT2D eigenvalue weighted by atomic mass is 9.90. The van der Waals surface area contributed by atoms with Gasteiger partial charge >= 0.3 is 0 Å². The van der Waals surface area contributed by atoms with Gasteiger partial charge in [-0.15, -0.1) is 0 Å². The van der Waals surface area contributed by atoms with Crippen LogP contribution in [-0.4, -0.2) is 120 Å². The molecule has 11 N–H and O–H groups in total. The minimum Gasteiger partial charge on any atom is -0.491 e. The van der Waals surface area contributed by atoms with Crippen molar-refractivity contribution in [2.75, 3.05) is 88.9 Å². The zero-order chi connectivity index (χ0) is 80.1. The first kappa shape index (κ1) is 80.9. The van der Waals surface area contributed by atoms with Gasteiger partial charge in [0.15, 0.2) is 0 Å². The molecule has 5 aromatic heterocycles. The third kappa shape index (κ3) is 16.5. The van der Waals surface area contributed by atoms with Crippen molar-refractivity contribution in [2.24, 2.45) is 0 Å². The van der Waals surface area contributed by atoms with E-state index in [4.69, 9.17) is 168 Å². The van der Waals surface area contributed by atoms with Gasteiger partial charge in [0.05, 0.1) is 123 Å². The summed E-state index contributed by atoms with van der Waals surface area (Å²) in [4.78, 5) is 48.4. The minimum absolute atomic E-state index is 0.230. The van der Waals surface area contributed by atoms with E-state index in [1.165, 1.54) is 5.56 Å². The number of nitrogen functional groups attached to an aromatic ring is 5. The molecule has 0 saturated carbocycles. The molecule has 33 heteroatoms. The van der Waals surface area contributed by atoms with Crippen molar-refractivity contribution in [1.82, 2.24) is 65.0 Å². The molecule has 0 radical (unpaired) electrons. The van der Waals surface area contributed by atoms with E-state index < -0.39 is 0 Å². The Bertz CT molecular complexity index is 5400. The molecule has 19 rings (SSSR count). The van der Waals surface area contributed by atoms with Gasteiger partial charge in [0.2, 0.25) is 29.7 Å². The maximum Gasteiger partial charge on any atom is 0.220 e. The molecule has 10 aromatic rings. The summed E-state index contributed by atoms with van der Waals surface area (Å²) < 4.78 is 28.4. The summed E-state index contributed by atoms with van der Waals surface area (Å²) in [5, 5.41) is 8.77. The third-order valence-corrected chi connectivity index (χ3v) is 24.1. The van der Waals surface area contributed by atoms with Gasteiger partial charge in [-0.3, -0.25) is 0 Å². The van der Waals surface area contributed by atoms with Crippen LogP contribution in [0.4, 0.5) is 29.7 Å². The molecule has 23 nitrogen and oxygen atoms in total. The van der Waals surface area contributed by atoms with E-state index in [2.05, 4.69) is 66.6 Å². The van der Waals surface area contributed by atoms with E-state index in [1.54, 1.807) is 30.3 Å². The fraction of sp³-hybridized carbons (Fsp3) is 0.358. The summed E-state index contributed by atoms with van der Waals surface area (Å²) in [7, 11) is 3.98. The Hall–Kier alpha value is -8.30. The number of ether oxygens (including phenoxy) is 5. The molecule has 0 fully saturated rings. The molecule has 0 atom stereocenters. The van der Waals surface area contributed by atoms with Crippen LogP contribution in [0.5, 0.6) is 28.7 Å². The SMILES string of the molecule is C=C(NCC)N1Cc2nc(N)nc(-c3c(Cl)cc(Cl)c4c3CCO4)c2C1.CN(C)CCOc1cc(-c2nc(N)nc3c2CCC3)c(Cl)cc1Cl.Nc1nc2c(c(-c3c(Cl)cc(Cl)c4c3CCO4)n1)CCC2.Nc1nc2c(c(-c3c(Cl)cc(Cl)c4c3CCO4)n1)CCC2.Nc1nc2c(c(-c3c(Cl)cc(Cl)c4c3CCO4)n1)CCCC2. The highest BCUT2D eigenvalue weighted by Gasteiger charge is 2.35. The molecule has 4 aliphatic carbocycles. The molecular weight excluding hydrogens is 1660 g/mol. The average Bonchev–Trinajstić information content (AvgIpc) is 1.56. The number of fused-ring (bicyclic) bond motifs is 9. The lowest BCUT2D eigenvalue weighted by Gasteiger charge is -2.20. The van der Waals surface area contributed by atoms with E-state index in [0.717, 1.165) is 275 Å². The van der Waals surface area contributed by atoms with Crippen LogP contribution in [0.15, 0.2) is 48.8 Å². The summed E-state index contributed by atoms with van der Waals surface area (Å²) in [5.41, 5.74) is 52.7. The van der Waals surface area contributed by atoms with Crippen molar-refractivity contribution in [3.63, 3.8) is 0 Å². The molecule has 0 amide bonds. The number of hydrogen-bond donors (Lipinski definition) is 6. The smallest absolute Gasteiger partial charge is 0.220 e. The van der Waals surface area contributed by atoms with Gasteiger partial charge in [0, 0.05) is 146 Å². The second-order valence-corrected chi connectivity index (χ2v) is 32.9. The third-order valence-electron chi connectivity index (χ3n) is 21.2. The Balaban J connectivity index is 0.000000113. The predicted molar refractivity (Wildman–Crippen MR) is 455 cm³/mol. The molecular formula is C81H80Cl10N18O5. The van der Waals surface area contributed by atoms with Crippen LogP contribution >= 0.6 is 116 Å². The Morgan fingerprint density at radius 3 is 1.09 bits per heavy atom. The van der Waals surface area contributed by atoms with Crippen LogP contribution in [0, 0.1) is 0 Å². The number of nitrogens with one attached hydrogen (secondary N) is 1. The maximum absolute atomic E-state index is 6.57. The van der Waals surface area contributed by atoms with E-state index in [0.29, 0.717) is 126 Å². The standard InChI is InChI=1S/C18H19Cl2N5O.C17H20Cl2N4O.C16H15Cl2N3O.2C15H13Cl2N3O/c1-3-22-9(2)25-7-11-14(8-25)23-18(21)24-16(11)15-10-4-5-26-17(10)13(20)6-12(15)19;1-23(2)6-7-24-15-8-11(12(18)9-13(15)19)16-10-4-3-5-14(10)21-17(20)22-16;17-10-7-11(18)15-9(5-6-22-15)13(10)14-8-3-1-2-4-12(8)20-16(19)21-14;2*16-9-6-10(17)14-8(4-5-21-14)12(9)13-7-2-1-3-11(7)19-15(18)20-13/h6,22H,2-5,7-8H2,1H3,(H2,21,23,24);8-9H,3-7H2,1-2H3,(H2,20,21,22);7H,1-6H2,(H2,19,20,21);2*6H,1-5H2,(H2,18,19,20). The van der Waals surface area contributed by atoms with Crippen LogP contribution in [0.3, 0.4) is 0 Å². The van der Waals surface area contributed by atoms with Crippen molar-refractivity contribution in [3.8, 4) is 85.0 Å². The van der Waals surface area contributed by atoms with E-state index in [9.17, 15) is 0 Å². The van der Waals surface area contributed by atoms with Gasteiger partial charge in [-0.2, -0.15) is 0 Å². The normalized spacial score (nSPS) is 15.1. The minimum atomic E-state index is 0.230. The van der Waals surface area contributed by atoms with Crippen LogP contribution in [0.25, 0.3) is 56.3 Å². The number of anilines is 5. The molecule has 594 valence electrons. The largest absolute Gasteiger partial charge is 0.491 e. The summed E-state index contributed by atoms with van der Waals surface area (Å²) in [6, 6.07) is 10.4. The first-order valence-electron chi connectivity index (χ1n) is 37.7. The van der Waals surface area contributed by atoms with Crippen LogP contribution < -0.4 is 57.7 Å². The van der Waals surface area contributed by atoms with Crippen molar-refractivity contribution in [2.45, 2.75) is 129 Å². The van der Waals surface area contributed by atoms with Crippen LogP contribution in [0.2, 0.25) is 50.2 Å². The van der Waals surface area contributed by atoms with Gasteiger partial charge in [-0.25, -0.2) is 49.8 Å². The first-order chi connectivity index (χ1) is 54.9. The Kier molecular flexibility index (Phi) is 24.5. The molecule has 0 bridgehead atoms. The lowest BCUT2D eigenvalue weighted by Crippen LogP contribution is -2.26. The summed E-state index contributed by atoms with van der Waals surface area (Å²) in [5.74, 6) is 5.70. The Morgan fingerprint density at radius 2 is 0.711 bits per heavy atom. The molecule has 0 unspecified atom stereocenters. The molecule has 9 aliphatic rings. The number of likely N-dealkylation sites (N-methyl/N-ethyl adjacent to an activating group) is 1. The number of benzene rings is 5. The number of aryl methyl sites for hydroxylation is 4. The second kappa shape index (κ2) is 34.5. The summed E-state index contributed by atoms with van der Waals surface area (Å²) in [6.07, 6.45) is 16.1. The fourth-order valence-electron chi connectivity index (χ4n) is 16.2. The topological polar surface area (TPSA) is 324 Å². The van der Waals surface area contributed by atoms with Crippen molar-refractivity contribution < 1.29 is 23.7 Å². The maximum atomic E-state index is 6.57. The highest BCUT2D eigenvalue weighted by molar-refractivity contribution is 6.40. The second-order valence-electron chi connectivity index (χ2n) is 28.8. The molecule has 0 spiro atoms. The monoisotopic (exact) mass is 1730 g/mol. The first-order valence-corrected chi connectivity index (χ1v) is 41.4. The Labute approximate surface area is 709 Å². The molecule has 5 aromatic carbocycles. The number of rotatable bonds is 12. The Morgan fingerprint density at radius 1 is 0.386 bits per heavy atom. The van der Waals surface area contributed by atoms with Gasteiger partial charge in [-0.05, 0) is 141 Å². The zero-order valence-electron chi connectivity index (χ0n) is 62.6. The summed E-state index contributed by atoms with van der Waals surface area (Å²) in [6.45, 7) is 12.0. The number of hydrogen-bond acceptors (Lipinski definition) is 23. The van der Waals surface area contributed by atoms with Crippen molar-refractivity contribution in [3.05, 3.63) is 178 Å². The average molecular weight is 1740 g/mol. The molecule has 0 saturated heterocycles. The predicted octanol–water partition coefficient (Wildman–Crippen LogP) is 17.6. The van der Waals surface area contributed by atoms with E-state index in [1.807, 2.05) is 32.0 Å². The number of halogens is 10. The summed E-state index contributed by atoms with van der Waals surface area (Å²) >= 11 is 63.6. The van der Waals surface area contributed by atoms with Crippen molar-refractivity contribution >= 4 is 146 Å². The number of nitrogens with two attached hydrogens (primary N) is 5. The fourth-order valence-corrected chi connectivity index (χ4v) is 19.3. The van der Waals surface area contributed by atoms with Crippen molar-refractivity contribution in [1.29, 1.82) is 0 Å². The van der Waals surface area contributed by atoms with Gasteiger partial charge < -0.3 is 67.5 Å². The molecule has 114 heavy (non-hydrogen) atoms. The quantitative estimate of drug-likeness (QED) is 0.0662. The number of aromatic nitrogens is 10. The highest BCUT2D eigenvalue weighted by Crippen LogP contribution is 2.52. The molecule has 10 heterocycles. The van der Waals surface area contributed by atoms with Crippen LogP contribution in [-0.2, 0) is 90.1 Å². The van der Waals surface area contributed by atoms with Gasteiger partial charge in [-0.1, -0.05) is 123 Å².